The molecule has 1 saturated heterocycles. The van der Waals surface area contributed by atoms with E-state index in [4.69, 9.17) is 4.42 Å². The highest BCUT2D eigenvalue weighted by molar-refractivity contribution is 5.75. The molecule has 1 amide bonds. The normalized spacial score (nSPS) is 15.6. The second-order valence-electron chi connectivity index (χ2n) is 6.62. The van der Waals surface area contributed by atoms with Gasteiger partial charge in [0.1, 0.15) is 0 Å². The highest BCUT2D eigenvalue weighted by Gasteiger charge is 2.35. The molecule has 11 heteroatoms. The van der Waals surface area contributed by atoms with Crippen molar-refractivity contribution in [1.29, 1.82) is 0 Å². The summed E-state index contributed by atoms with van der Waals surface area (Å²) in [7, 11) is 0. The Bertz CT molecular complexity index is 964. The molecule has 3 heterocycles. The van der Waals surface area contributed by atoms with Crippen molar-refractivity contribution in [3.8, 4) is 11.5 Å². The quantitative estimate of drug-likeness (QED) is 0.666. The van der Waals surface area contributed by atoms with Crippen molar-refractivity contribution in [1.82, 2.24) is 29.8 Å². The molecule has 1 aromatic carbocycles. The predicted octanol–water partition coefficient (Wildman–Crippen LogP) is 2.74. The number of alkyl halides is 3. The van der Waals surface area contributed by atoms with Crippen molar-refractivity contribution in [3.63, 3.8) is 0 Å². The van der Waals surface area contributed by atoms with Crippen molar-refractivity contribution in [3.05, 3.63) is 54.2 Å². The zero-order chi connectivity index (χ0) is 20.4. The molecule has 1 aliphatic rings. The van der Waals surface area contributed by atoms with E-state index < -0.39 is 11.7 Å². The third kappa shape index (κ3) is 4.14. The Kier molecular flexibility index (Phi) is 5.05. The van der Waals surface area contributed by atoms with E-state index in [0.717, 1.165) is 12.5 Å². The third-order valence-electron chi connectivity index (χ3n) is 4.73. The topological polar surface area (TPSA) is 80.3 Å². The Hall–Kier alpha value is -3.21. The van der Waals surface area contributed by atoms with Crippen molar-refractivity contribution in [2.24, 2.45) is 0 Å². The van der Waals surface area contributed by atoms with Gasteiger partial charge >= 0.3 is 12.2 Å². The number of carbonyl (C=O) groups is 1. The predicted molar refractivity (Wildman–Crippen MR) is 94.6 cm³/mol. The summed E-state index contributed by atoms with van der Waals surface area (Å²) in [6.45, 7) is 2.67. The van der Waals surface area contributed by atoms with Gasteiger partial charge in [-0.15, -0.1) is 10.2 Å². The highest BCUT2D eigenvalue weighted by atomic mass is 19.4. The summed E-state index contributed by atoms with van der Waals surface area (Å²) in [6.07, 6.45) is -0.394. The molecule has 1 aliphatic heterocycles. The number of benzene rings is 1. The van der Waals surface area contributed by atoms with Crippen LogP contribution in [0.5, 0.6) is 0 Å². The van der Waals surface area contributed by atoms with Crippen LogP contribution in [-0.2, 0) is 12.7 Å². The van der Waals surface area contributed by atoms with Gasteiger partial charge in [-0.3, -0.25) is 4.90 Å². The van der Waals surface area contributed by atoms with E-state index in [0.29, 0.717) is 38.3 Å². The first kappa shape index (κ1) is 19.1. The summed E-state index contributed by atoms with van der Waals surface area (Å²) in [5.41, 5.74) is -0.266. The van der Waals surface area contributed by atoms with Crippen LogP contribution in [0.15, 0.2) is 47.5 Å². The monoisotopic (exact) mass is 406 g/mol. The zero-order valence-electron chi connectivity index (χ0n) is 15.2. The number of aromatic nitrogens is 4. The number of nitrogens with zero attached hydrogens (tertiary/aromatic N) is 6. The first-order chi connectivity index (χ1) is 13.9. The fourth-order valence-electron chi connectivity index (χ4n) is 3.29. The van der Waals surface area contributed by atoms with Gasteiger partial charge in [0.25, 0.3) is 0 Å². The molecule has 0 unspecified atom stereocenters. The molecule has 4 rings (SSSR count). The van der Waals surface area contributed by atoms with E-state index in [-0.39, 0.29) is 17.5 Å². The molecule has 0 bridgehead atoms. The fraction of sp³-hybridized carbons (Fsp3) is 0.333. The van der Waals surface area contributed by atoms with Gasteiger partial charge in [0.15, 0.2) is 0 Å². The number of hydrogen-bond acceptors (Lipinski definition) is 6. The minimum Gasteiger partial charge on any atom is -0.423 e. The molecule has 29 heavy (non-hydrogen) atoms. The first-order valence-electron chi connectivity index (χ1n) is 8.90. The number of halogens is 3. The van der Waals surface area contributed by atoms with Gasteiger partial charge in [0, 0.05) is 45.1 Å². The maximum atomic E-state index is 13.3. The lowest BCUT2D eigenvalue weighted by Gasteiger charge is -2.34. The Labute approximate surface area is 163 Å². The van der Waals surface area contributed by atoms with Gasteiger partial charge in [-0.05, 0) is 23.8 Å². The summed E-state index contributed by atoms with van der Waals surface area (Å²) in [4.78, 5) is 16.1. The van der Waals surface area contributed by atoms with Crippen LogP contribution in [0, 0.1) is 0 Å². The number of hydrogen-bond donors (Lipinski definition) is 0. The lowest BCUT2D eigenvalue weighted by Crippen LogP contribution is -2.49. The minimum absolute atomic E-state index is 0.139. The summed E-state index contributed by atoms with van der Waals surface area (Å²) < 4.78 is 46.2. The standard InChI is InChI=1S/C18H17F3N6O2/c19-18(20,21)15-3-2-13(10-14(15)16-24-22-12-29-16)11-25-6-8-26(9-7-25)17(28)27-5-1-4-23-27/h1-5,10,12H,6-9,11H2. The van der Waals surface area contributed by atoms with Crippen LogP contribution < -0.4 is 0 Å². The van der Waals surface area contributed by atoms with Gasteiger partial charge in [-0.1, -0.05) is 6.07 Å². The zero-order valence-corrected chi connectivity index (χ0v) is 15.2. The molecule has 3 aromatic rings. The van der Waals surface area contributed by atoms with E-state index in [1.165, 1.54) is 16.8 Å². The van der Waals surface area contributed by atoms with Crippen LogP contribution in [0.4, 0.5) is 18.0 Å². The summed E-state index contributed by atoms with van der Waals surface area (Å²) in [6, 6.07) is 5.40. The van der Waals surface area contributed by atoms with Gasteiger partial charge in [-0.25, -0.2) is 4.79 Å². The number of amides is 1. The average Bonchev–Trinajstić information content (AvgIpc) is 3.41. The number of rotatable bonds is 3. The van der Waals surface area contributed by atoms with Crippen LogP contribution >= 0.6 is 0 Å². The van der Waals surface area contributed by atoms with Crippen LogP contribution in [0.25, 0.3) is 11.5 Å². The van der Waals surface area contributed by atoms with Crippen molar-refractivity contribution >= 4 is 6.03 Å². The van der Waals surface area contributed by atoms with Gasteiger partial charge < -0.3 is 9.32 Å². The number of piperazine rings is 1. The van der Waals surface area contributed by atoms with E-state index >= 15 is 0 Å². The molecule has 0 saturated carbocycles. The molecule has 8 nitrogen and oxygen atoms in total. The minimum atomic E-state index is -4.53. The molecule has 0 atom stereocenters. The van der Waals surface area contributed by atoms with E-state index in [2.05, 4.69) is 20.2 Å². The molecule has 152 valence electrons. The van der Waals surface area contributed by atoms with Crippen LogP contribution in [-0.4, -0.2) is 62.0 Å². The summed E-state index contributed by atoms with van der Waals surface area (Å²) >= 11 is 0. The Morgan fingerprint density at radius 1 is 1.17 bits per heavy atom. The maximum absolute atomic E-state index is 13.3. The molecule has 2 aromatic heterocycles. The van der Waals surface area contributed by atoms with Crippen LogP contribution in [0.3, 0.4) is 0 Å². The molecule has 0 N–H and O–H groups in total. The second-order valence-corrected chi connectivity index (χ2v) is 6.62. The van der Waals surface area contributed by atoms with Gasteiger partial charge in [0.05, 0.1) is 11.1 Å². The van der Waals surface area contributed by atoms with E-state index in [1.807, 2.05) is 0 Å². The average molecular weight is 406 g/mol. The molecule has 1 fully saturated rings. The molecular formula is C18H17F3N6O2. The maximum Gasteiger partial charge on any atom is 0.417 e. The third-order valence-corrected chi connectivity index (χ3v) is 4.73. The largest absolute Gasteiger partial charge is 0.423 e. The highest BCUT2D eigenvalue weighted by Crippen LogP contribution is 2.37. The smallest absolute Gasteiger partial charge is 0.417 e. The lowest BCUT2D eigenvalue weighted by molar-refractivity contribution is -0.137. The molecule has 0 radical (unpaired) electrons. The first-order valence-corrected chi connectivity index (χ1v) is 8.90. The second kappa shape index (κ2) is 7.66. The van der Waals surface area contributed by atoms with E-state index in [9.17, 15) is 18.0 Å². The summed E-state index contributed by atoms with van der Waals surface area (Å²) in [5.74, 6) is -0.172. The summed E-state index contributed by atoms with van der Waals surface area (Å²) in [5, 5.41) is 11.0. The van der Waals surface area contributed by atoms with Gasteiger partial charge in [0.2, 0.25) is 12.3 Å². The SMILES string of the molecule is O=C(N1CCN(Cc2ccc(C(F)(F)F)c(-c3nnco3)c2)CC1)n1cccn1. The molecule has 0 spiro atoms. The van der Waals surface area contributed by atoms with Crippen LogP contribution in [0.1, 0.15) is 11.1 Å². The van der Waals surface area contributed by atoms with Gasteiger partial charge in [-0.2, -0.15) is 23.0 Å². The Balaban J connectivity index is 1.45. The lowest BCUT2D eigenvalue weighted by atomic mass is 10.0. The Morgan fingerprint density at radius 3 is 2.59 bits per heavy atom. The number of carbonyl (C=O) groups excluding carboxylic acids is 1. The van der Waals surface area contributed by atoms with Crippen molar-refractivity contribution < 1.29 is 22.4 Å². The molecular weight excluding hydrogens is 389 g/mol. The van der Waals surface area contributed by atoms with Crippen molar-refractivity contribution in [2.75, 3.05) is 26.2 Å². The van der Waals surface area contributed by atoms with Crippen LogP contribution in [0.2, 0.25) is 0 Å². The molecule has 0 aliphatic carbocycles. The van der Waals surface area contributed by atoms with E-state index in [1.54, 1.807) is 23.4 Å². The Morgan fingerprint density at radius 2 is 1.97 bits per heavy atom. The fourth-order valence-corrected chi connectivity index (χ4v) is 3.29. The van der Waals surface area contributed by atoms with Crippen molar-refractivity contribution in [2.45, 2.75) is 12.7 Å².